The van der Waals surface area contributed by atoms with Gasteiger partial charge in [-0.25, -0.2) is 4.98 Å². The first kappa shape index (κ1) is 12.1. The quantitative estimate of drug-likeness (QED) is 0.666. The van der Waals surface area contributed by atoms with E-state index in [1.54, 1.807) is 11.8 Å². The van der Waals surface area contributed by atoms with Gasteiger partial charge in [0.15, 0.2) is 0 Å². The van der Waals surface area contributed by atoms with Crippen LogP contribution in [-0.4, -0.2) is 35.9 Å². The maximum absolute atomic E-state index is 4.84. The normalized spacial score (nSPS) is 25.7. The Morgan fingerprint density at radius 1 is 1.56 bits per heavy atom. The van der Waals surface area contributed by atoms with Gasteiger partial charge in [-0.3, -0.25) is 0 Å². The Balaban J connectivity index is 1.89. The zero-order chi connectivity index (χ0) is 12.5. The summed E-state index contributed by atoms with van der Waals surface area (Å²) < 4.78 is 0. The molecule has 1 aromatic heterocycles. The predicted molar refractivity (Wildman–Crippen MR) is 77.5 cm³/mol. The molecule has 2 atom stereocenters. The van der Waals surface area contributed by atoms with Gasteiger partial charge >= 0.3 is 0 Å². The molecule has 0 unspecified atom stereocenters. The van der Waals surface area contributed by atoms with Crippen LogP contribution in [0.4, 0.5) is 5.82 Å². The van der Waals surface area contributed by atoms with Crippen molar-refractivity contribution in [1.29, 1.82) is 0 Å². The summed E-state index contributed by atoms with van der Waals surface area (Å²) in [4.78, 5) is 7.34. The van der Waals surface area contributed by atoms with Gasteiger partial charge in [0, 0.05) is 30.9 Å². The molecule has 18 heavy (non-hydrogen) atoms. The third-order valence-corrected chi connectivity index (χ3v) is 4.59. The van der Waals surface area contributed by atoms with Crippen LogP contribution in [0.5, 0.6) is 0 Å². The van der Waals surface area contributed by atoms with Crippen LogP contribution in [0.1, 0.15) is 12.5 Å². The number of pyridine rings is 1. The van der Waals surface area contributed by atoms with E-state index >= 15 is 0 Å². The fourth-order valence-electron chi connectivity index (χ4n) is 2.89. The second-order valence-electron chi connectivity index (χ2n) is 5.00. The monoisotopic (exact) mass is 261 g/mol. The van der Waals surface area contributed by atoms with Gasteiger partial charge in [0.1, 0.15) is 5.82 Å². The number of rotatable bonds is 3. The Labute approximate surface area is 113 Å². The first-order valence-corrected chi connectivity index (χ1v) is 7.51. The van der Waals surface area contributed by atoms with Crippen LogP contribution in [0.15, 0.2) is 29.8 Å². The molecule has 2 aliphatic heterocycles. The Bertz CT molecular complexity index is 460. The zero-order valence-electron chi connectivity index (χ0n) is 10.7. The highest BCUT2D eigenvalue weighted by Gasteiger charge is 2.36. The highest BCUT2D eigenvalue weighted by atomic mass is 32.2. The van der Waals surface area contributed by atoms with Crippen LogP contribution >= 0.6 is 11.8 Å². The lowest BCUT2D eigenvalue weighted by atomic mass is 10.1. The van der Waals surface area contributed by atoms with Gasteiger partial charge in [0.05, 0.1) is 5.03 Å². The molecule has 0 aromatic carbocycles. The molecule has 0 bridgehead atoms. The van der Waals surface area contributed by atoms with E-state index < -0.39 is 0 Å². The van der Waals surface area contributed by atoms with Crippen molar-refractivity contribution >= 4 is 17.6 Å². The van der Waals surface area contributed by atoms with E-state index in [-0.39, 0.29) is 0 Å². The number of nitrogens with zero attached hydrogens (tertiary/aromatic N) is 2. The first-order chi connectivity index (χ1) is 8.79. The van der Waals surface area contributed by atoms with Crippen LogP contribution in [-0.2, 0) is 6.42 Å². The summed E-state index contributed by atoms with van der Waals surface area (Å²) >= 11 is 1.76. The van der Waals surface area contributed by atoms with Crippen LogP contribution in [0.2, 0.25) is 0 Å². The molecule has 3 heterocycles. The van der Waals surface area contributed by atoms with Gasteiger partial charge in [-0.2, -0.15) is 0 Å². The molecule has 0 radical (unpaired) electrons. The molecule has 96 valence electrons. The maximum atomic E-state index is 4.84. The molecule has 1 fully saturated rings. The van der Waals surface area contributed by atoms with E-state index in [1.165, 1.54) is 11.4 Å². The lowest BCUT2D eigenvalue weighted by molar-refractivity contribution is 0.427. The highest BCUT2D eigenvalue weighted by molar-refractivity contribution is 7.99. The molecular formula is C14H19N3S. The topological polar surface area (TPSA) is 28.2 Å². The second-order valence-corrected chi connectivity index (χ2v) is 6.04. The summed E-state index contributed by atoms with van der Waals surface area (Å²) in [5.41, 5.74) is 1.40. The second kappa shape index (κ2) is 4.94. The minimum Gasteiger partial charge on any atom is -0.348 e. The fraction of sp³-hybridized carbons (Fsp3) is 0.500. The van der Waals surface area contributed by atoms with Crippen LogP contribution in [0.25, 0.3) is 0 Å². The molecule has 4 heteroatoms. The Morgan fingerprint density at radius 3 is 3.28 bits per heavy atom. The summed E-state index contributed by atoms with van der Waals surface area (Å²) in [6, 6.07) is 5.52. The number of fused-ring (bicyclic) bond motifs is 3. The van der Waals surface area contributed by atoms with Crippen molar-refractivity contribution in [3.8, 4) is 0 Å². The lowest BCUT2D eigenvalue weighted by Crippen LogP contribution is -2.55. The number of piperazine rings is 1. The molecule has 0 aliphatic carbocycles. The van der Waals surface area contributed by atoms with Gasteiger partial charge in [-0.15, -0.1) is 18.3 Å². The van der Waals surface area contributed by atoms with Gasteiger partial charge in [-0.05, 0) is 25.0 Å². The van der Waals surface area contributed by atoms with Crippen molar-refractivity contribution in [2.45, 2.75) is 30.5 Å². The molecule has 3 rings (SSSR count). The fourth-order valence-corrected chi connectivity index (χ4v) is 3.49. The van der Waals surface area contributed by atoms with Gasteiger partial charge in [0.25, 0.3) is 0 Å². The van der Waals surface area contributed by atoms with Crippen molar-refractivity contribution in [2.75, 3.05) is 23.7 Å². The Morgan fingerprint density at radius 2 is 2.44 bits per heavy atom. The third-order valence-electron chi connectivity index (χ3n) is 3.67. The van der Waals surface area contributed by atoms with Crippen LogP contribution < -0.4 is 10.2 Å². The number of hydrogen-bond donors (Lipinski definition) is 1. The largest absolute Gasteiger partial charge is 0.348 e. The van der Waals surface area contributed by atoms with E-state index in [0.717, 1.165) is 30.3 Å². The van der Waals surface area contributed by atoms with Gasteiger partial charge < -0.3 is 10.2 Å². The standard InChI is InChI=1S/C14H19N3S/c1-3-6-18-13-5-4-11-7-12-9-15-8-10(2)17(12)14(11)16-13/h3-5,10,12,15H,1,6-9H2,2H3/t10-,12-/m1/s1. The average molecular weight is 261 g/mol. The molecule has 2 aliphatic rings. The van der Waals surface area contributed by atoms with E-state index in [9.17, 15) is 0 Å². The Hall–Kier alpha value is -1.00. The smallest absolute Gasteiger partial charge is 0.133 e. The van der Waals surface area contributed by atoms with Gasteiger partial charge in [-0.1, -0.05) is 12.1 Å². The average Bonchev–Trinajstić information content (AvgIpc) is 2.75. The first-order valence-electron chi connectivity index (χ1n) is 6.52. The SMILES string of the molecule is C=CCSc1ccc2c(n1)N1[C@@H](CNC[C@H]1C)C2. The number of nitrogens with one attached hydrogen (secondary N) is 1. The molecule has 1 saturated heterocycles. The summed E-state index contributed by atoms with van der Waals surface area (Å²) in [6.07, 6.45) is 3.06. The van der Waals surface area contributed by atoms with E-state index in [0.29, 0.717) is 12.1 Å². The number of hydrogen-bond acceptors (Lipinski definition) is 4. The van der Waals surface area contributed by atoms with Crippen LogP contribution in [0.3, 0.4) is 0 Å². The molecule has 0 saturated carbocycles. The minimum atomic E-state index is 0.539. The summed E-state index contributed by atoms with van der Waals surface area (Å²) in [5.74, 6) is 2.13. The van der Waals surface area contributed by atoms with Crippen molar-refractivity contribution in [3.05, 3.63) is 30.4 Å². The zero-order valence-corrected chi connectivity index (χ0v) is 11.5. The van der Waals surface area contributed by atoms with Gasteiger partial charge in [0.2, 0.25) is 0 Å². The summed E-state index contributed by atoms with van der Waals surface area (Å²) in [6.45, 7) is 8.17. The van der Waals surface area contributed by atoms with E-state index in [4.69, 9.17) is 4.98 Å². The molecule has 1 N–H and O–H groups in total. The molecular weight excluding hydrogens is 242 g/mol. The van der Waals surface area contributed by atoms with Crippen LogP contribution in [0, 0.1) is 0 Å². The lowest BCUT2D eigenvalue weighted by Gasteiger charge is -2.37. The predicted octanol–water partition coefficient (Wildman–Crippen LogP) is 2.08. The van der Waals surface area contributed by atoms with Crippen molar-refractivity contribution in [2.24, 2.45) is 0 Å². The summed E-state index contributed by atoms with van der Waals surface area (Å²) in [5, 5.41) is 4.61. The van der Waals surface area contributed by atoms with E-state index in [1.807, 2.05) is 6.08 Å². The van der Waals surface area contributed by atoms with Crippen molar-refractivity contribution in [3.63, 3.8) is 0 Å². The van der Waals surface area contributed by atoms with Crippen molar-refractivity contribution < 1.29 is 0 Å². The highest BCUT2D eigenvalue weighted by Crippen LogP contribution is 2.34. The number of thioether (sulfide) groups is 1. The van der Waals surface area contributed by atoms with E-state index in [2.05, 4.69) is 35.9 Å². The maximum Gasteiger partial charge on any atom is 0.133 e. The summed E-state index contributed by atoms with van der Waals surface area (Å²) in [7, 11) is 0. The number of aromatic nitrogens is 1. The molecule has 1 aromatic rings. The minimum absolute atomic E-state index is 0.539. The molecule has 0 amide bonds. The Kier molecular flexibility index (Phi) is 3.31. The molecule has 0 spiro atoms. The third kappa shape index (κ3) is 2.04. The number of anilines is 1. The molecule has 3 nitrogen and oxygen atoms in total. The van der Waals surface area contributed by atoms with Crippen molar-refractivity contribution in [1.82, 2.24) is 10.3 Å².